The Morgan fingerprint density at radius 2 is 1.72 bits per heavy atom. The van der Waals surface area contributed by atoms with Gasteiger partial charge in [0, 0.05) is 5.56 Å². The van der Waals surface area contributed by atoms with E-state index in [1.54, 1.807) is 12.2 Å². The summed E-state index contributed by atoms with van der Waals surface area (Å²) >= 11 is 0. The molecule has 0 saturated carbocycles. The fourth-order valence-electron chi connectivity index (χ4n) is 2.47. The molecule has 1 aromatic heterocycles. The topological polar surface area (TPSA) is 38.9 Å². The third-order valence-electron chi connectivity index (χ3n) is 3.67. The van der Waals surface area contributed by atoms with Gasteiger partial charge in [-0.25, -0.2) is 0 Å². The van der Waals surface area contributed by atoms with Crippen LogP contribution in [0.2, 0.25) is 0 Å². The number of aromatic nitrogens is 2. The van der Waals surface area contributed by atoms with Gasteiger partial charge in [-0.1, -0.05) is 36.4 Å². The summed E-state index contributed by atoms with van der Waals surface area (Å²) in [4.78, 5) is 0. The standard InChI is InChI=1S/C19H15F3N2O/c1-2-5-17-23-24-18(25-17)16-7-4-3-6-14(16)12-13-8-10-15(11-9-13)19(20,21)22/h2-11H,12H2,1H3/b5-2+. The van der Waals surface area contributed by atoms with E-state index >= 15 is 0 Å². The number of nitrogens with zero attached hydrogens (tertiary/aromatic N) is 2. The summed E-state index contributed by atoms with van der Waals surface area (Å²) < 4.78 is 43.6. The smallest absolute Gasteiger partial charge is 0.416 e. The SMILES string of the molecule is C/C=C/c1nnc(-c2ccccc2Cc2ccc(C(F)(F)F)cc2)o1. The lowest BCUT2D eigenvalue weighted by molar-refractivity contribution is -0.137. The van der Waals surface area contributed by atoms with Crippen LogP contribution in [0.3, 0.4) is 0 Å². The van der Waals surface area contributed by atoms with Crippen LogP contribution in [0.5, 0.6) is 0 Å². The Balaban J connectivity index is 1.88. The average Bonchev–Trinajstić information content (AvgIpc) is 3.04. The second kappa shape index (κ2) is 6.93. The number of rotatable bonds is 4. The highest BCUT2D eigenvalue weighted by Gasteiger charge is 2.29. The molecule has 3 aromatic rings. The van der Waals surface area contributed by atoms with Gasteiger partial charge in [0.1, 0.15) is 0 Å². The van der Waals surface area contributed by atoms with Gasteiger partial charge in [-0.3, -0.25) is 0 Å². The van der Waals surface area contributed by atoms with Crippen molar-refractivity contribution in [2.24, 2.45) is 0 Å². The van der Waals surface area contributed by atoms with E-state index < -0.39 is 11.7 Å². The molecule has 0 aliphatic carbocycles. The molecule has 0 amide bonds. The molecule has 0 aliphatic rings. The van der Waals surface area contributed by atoms with Gasteiger partial charge in [0.15, 0.2) is 0 Å². The first-order valence-corrected chi connectivity index (χ1v) is 7.68. The highest BCUT2D eigenvalue weighted by Crippen LogP contribution is 2.30. The van der Waals surface area contributed by atoms with Gasteiger partial charge in [0.2, 0.25) is 11.8 Å². The molecule has 0 radical (unpaired) electrons. The zero-order valence-corrected chi connectivity index (χ0v) is 13.4. The van der Waals surface area contributed by atoms with Crippen LogP contribution in [-0.4, -0.2) is 10.2 Å². The van der Waals surface area contributed by atoms with Crippen molar-refractivity contribution < 1.29 is 17.6 Å². The molecule has 0 bridgehead atoms. The first-order chi connectivity index (χ1) is 12.0. The van der Waals surface area contributed by atoms with E-state index in [9.17, 15) is 13.2 Å². The fourth-order valence-corrected chi connectivity index (χ4v) is 2.47. The van der Waals surface area contributed by atoms with Crippen molar-refractivity contribution >= 4 is 6.08 Å². The highest BCUT2D eigenvalue weighted by atomic mass is 19.4. The second-order valence-electron chi connectivity index (χ2n) is 5.47. The van der Waals surface area contributed by atoms with Crippen LogP contribution in [0, 0.1) is 0 Å². The van der Waals surface area contributed by atoms with Crippen LogP contribution in [0.25, 0.3) is 17.5 Å². The van der Waals surface area contributed by atoms with Crippen LogP contribution in [0.1, 0.15) is 29.5 Å². The van der Waals surface area contributed by atoms with Crippen LogP contribution in [0.15, 0.2) is 59.0 Å². The lowest BCUT2D eigenvalue weighted by Crippen LogP contribution is -2.04. The summed E-state index contributed by atoms with van der Waals surface area (Å²) in [5.41, 5.74) is 1.79. The molecule has 0 saturated heterocycles. The average molecular weight is 344 g/mol. The van der Waals surface area contributed by atoms with E-state index in [0.29, 0.717) is 18.2 Å². The first kappa shape index (κ1) is 17.0. The van der Waals surface area contributed by atoms with Gasteiger partial charge in [-0.2, -0.15) is 13.2 Å². The Hall–Kier alpha value is -2.89. The molecule has 3 nitrogen and oxygen atoms in total. The molecule has 0 atom stereocenters. The molecule has 0 aliphatic heterocycles. The summed E-state index contributed by atoms with van der Waals surface area (Å²) in [6, 6.07) is 12.6. The lowest BCUT2D eigenvalue weighted by Gasteiger charge is -2.09. The van der Waals surface area contributed by atoms with Crippen molar-refractivity contribution in [1.29, 1.82) is 0 Å². The van der Waals surface area contributed by atoms with Crippen LogP contribution >= 0.6 is 0 Å². The zero-order chi connectivity index (χ0) is 17.9. The van der Waals surface area contributed by atoms with Gasteiger partial charge in [-0.15, -0.1) is 10.2 Å². The van der Waals surface area contributed by atoms with Gasteiger partial charge < -0.3 is 4.42 Å². The minimum absolute atomic E-state index is 0.385. The number of alkyl halides is 3. The predicted octanol–water partition coefficient (Wildman–Crippen LogP) is 5.38. The van der Waals surface area contributed by atoms with Gasteiger partial charge in [0.05, 0.1) is 5.56 Å². The molecular formula is C19H15F3N2O. The Kier molecular flexibility index (Phi) is 4.70. The maximum absolute atomic E-state index is 12.7. The number of benzene rings is 2. The van der Waals surface area contributed by atoms with E-state index in [1.165, 1.54) is 12.1 Å². The van der Waals surface area contributed by atoms with E-state index in [0.717, 1.165) is 28.8 Å². The summed E-state index contributed by atoms with van der Waals surface area (Å²) in [5, 5.41) is 7.98. The summed E-state index contributed by atoms with van der Waals surface area (Å²) in [7, 11) is 0. The van der Waals surface area contributed by atoms with E-state index in [2.05, 4.69) is 10.2 Å². The van der Waals surface area contributed by atoms with Crippen molar-refractivity contribution in [1.82, 2.24) is 10.2 Å². The summed E-state index contributed by atoms with van der Waals surface area (Å²) in [6.45, 7) is 1.85. The molecule has 1 heterocycles. The minimum Gasteiger partial charge on any atom is -0.417 e. The number of allylic oxidation sites excluding steroid dienone is 1. The molecule has 0 spiro atoms. The molecule has 3 rings (SSSR count). The highest BCUT2D eigenvalue weighted by molar-refractivity contribution is 5.60. The Morgan fingerprint density at radius 1 is 1.00 bits per heavy atom. The molecule has 0 N–H and O–H groups in total. The van der Waals surface area contributed by atoms with Gasteiger partial charge in [0.25, 0.3) is 0 Å². The largest absolute Gasteiger partial charge is 0.417 e. The lowest BCUT2D eigenvalue weighted by atomic mass is 9.99. The Bertz CT molecular complexity index is 880. The van der Waals surface area contributed by atoms with E-state index in [-0.39, 0.29) is 0 Å². The predicted molar refractivity (Wildman–Crippen MR) is 88.7 cm³/mol. The maximum Gasteiger partial charge on any atom is 0.416 e. The normalized spacial score (nSPS) is 12.0. The Labute approximate surface area is 142 Å². The summed E-state index contributed by atoms with van der Waals surface area (Å²) in [6.07, 6.45) is -0.362. The van der Waals surface area contributed by atoms with Crippen molar-refractivity contribution in [2.75, 3.05) is 0 Å². The first-order valence-electron chi connectivity index (χ1n) is 7.68. The number of hydrogen-bond donors (Lipinski definition) is 0. The Morgan fingerprint density at radius 3 is 2.40 bits per heavy atom. The second-order valence-corrected chi connectivity index (χ2v) is 5.47. The van der Waals surface area contributed by atoms with Crippen LogP contribution in [0.4, 0.5) is 13.2 Å². The molecular weight excluding hydrogens is 329 g/mol. The maximum atomic E-state index is 12.7. The third-order valence-corrected chi connectivity index (χ3v) is 3.67. The number of hydrogen-bond acceptors (Lipinski definition) is 3. The molecule has 0 unspecified atom stereocenters. The minimum atomic E-state index is -4.33. The molecule has 0 fully saturated rings. The van der Waals surface area contributed by atoms with Crippen LogP contribution < -0.4 is 0 Å². The zero-order valence-electron chi connectivity index (χ0n) is 13.4. The van der Waals surface area contributed by atoms with E-state index in [4.69, 9.17) is 4.42 Å². The molecule has 128 valence electrons. The van der Waals surface area contributed by atoms with Crippen molar-refractivity contribution in [3.05, 3.63) is 77.2 Å². The number of halogens is 3. The molecule has 25 heavy (non-hydrogen) atoms. The van der Waals surface area contributed by atoms with Crippen molar-refractivity contribution in [3.8, 4) is 11.5 Å². The molecule has 6 heteroatoms. The molecule has 2 aromatic carbocycles. The third kappa shape index (κ3) is 3.96. The van der Waals surface area contributed by atoms with Crippen molar-refractivity contribution in [3.63, 3.8) is 0 Å². The van der Waals surface area contributed by atoms with Gasteiger partial charge in [-0.05, 0) is 48.7 Å². The van der Waals surface area contributed by atoms with E-state index in [1.807, 2.05) is 31.2 Å². The fraction of sp³-hybridized carbons (Fsp3) is 0.158. The van der Waals surface area contributed by atoms with Crippen LogP contribution in [-0.2, 0) is 12.6 Å². The van der Waals surface area contributed by atoms with Gasteiger partial charge >= 0.3 is 6.18 Å². The summed E-state index contributed by atoms with van der Waals surface area (Å²) in [5.74, 6) is 0.789. The van der Waals surface area contributed by atoms with Crippen molar-refractivity contribution in [2.45, 2.75) is 19.5 Å². The quantitative estimate of drug-likeness (QED) is 0.638. The monoisotopic (exact) mass is 344 g/mol.